The molecule has 0 unspecified atom stereocenters. The molecule has 0 aliphatic rings. The highest BCUT2D eigenvalue weighted by atomic mass is 19.1. The standard InChI is InChI=1S/C27H42FN9/c1-26(2,3)30-14-23(29)16-35(18-25-20-37(34-32-25)27(4,5)6)17-24-19-36(33-31-24)15-22-11-9-21(10-12-22)8-7-13-28/h9-12,14,19-20,30H,7-8,13,15-18,29H2,1-6H3/b23-14-. The first-order valence-corrected chi connectivity index (χ1v) is 12.8. The minimum Gasteiger partial charge on any atom is -0.400 e. The van der Waals surface area contributed by atoms with Gasteiger partial charge in [0.25, 0.3) is 0 Å². The zero-order chi connectivity index (χ0) is 27.1. The van der Waals surface area contributed by atoms with Gasteiger partial charge >= 0.3 is 0 Å². The maximum absolute atomic E-state index is 12.4. The minimum absolute atomic E-state index is 0.0704. The molecule has 9 nitrogen and oxygen atoms in total. The lowest BCUT2D eigenvalue weighted by molar-refractivity contribution is 0.270. The summed E-state index contributed by atoms with van der Waals surface area (Å²) in [6.07, 6.45) is 7.12. The minimum atomic E-state index is -0.288. The van der Waals surface area contributed by atoms with E-state index >= 15 is 0 Å². The van der Waals surface area contributed by atoms with E-state index in [0.717, 1.165) is 34.6 Å². The number of halogens is 1. The van der Waals surface area contributed by atoms with E-state index in [0.29, 0.717) is 32.6 Å². The molecular formula is C27H42FN9. The van der Waals surface area contributed by atoms with Crippen LogP contribution in [0.3, 0.4) is 0 Å². The normalized spacial score (nSPS) is 12.9. The van der Waals surface area contributed by atoms with Crippen molar-refractivity contribution in [2.24, 2.45) is 5.73 Å². The molecule has 0 saturated heterocycles. The zero-order valence-corrected chi connectivity index (χ0v) is 23.1. The molecule has 2 aromatic heterocycles. The zero-order valence-electron chi connectivity index (χ0n) is 23.1. The Morgan fingerprint density at radius 3 is 2.19 bits per heavy atom. The highest BCUT2D eigenvalue weighted by molar-refractivity contribution is 5.23. The van der Waals surface area contributed by atoms with Crippen LogP contribution in [0.25, 0.3) is 0 Å². The number of nitrogens with one attached hydrogen (secondary N) is 1. The van der Waals surface area contributed by atoms with Crippen molar-refractivity contribution in [1.29, 1.82) is 0 Å². The maximum atomic E-state index is 12.4. The Balaban J connectivity index is 1.69. The molecule has 0 atom stereocenters. The Bertz CT molecular complexity index is 1130. The summed E-state index contributed by atoms with van der Waals surface area (Å²) in [6, 6.07) is 8.23. The van der Waals surface area contributed by atoms with E-state index in [-0.39, 0.29) is 17.8 Å². The summed E-state index contributed by atoms with van der Waals surface area (Å²) in [4.78, 5) is 2.18. The van der Waals surface area contributed by atoms with Crippen molar-refractivity contribution in [3.63, 3.8) is 0 Å². The smallest absolute Gasteiger partial charge is 0.0967 e. The molecule has 202 valence electrons. The Hall–Kier alpha value is -3.27. The number of rotatable bonds is 12. The quantitative estimate of drug-likeness (QED) is 0.382. The molecule has 0 amide bonds. The third-order valence-corrected chi connectivity index (χ3v) is 5.65. The van der Waals surface area contributed by atoms with Crippen molar-refractivity contribution in [2.45, 2.75) is 85.1 Å². The van der Waals surface area contributed by atoms with Gasteiger partial charge in [-0.25, -0.2) is 9.36 Å². The number of aromatic nitrogens is 6. The summed E-state index contributed by atoms with van der Waals surface area (Å²) >= 11 is 0. The molecule has 10 heteroatoms. The lowest BCUT2D eigenvalue weighted by Gasteiger charge is -2.23. The maximum Gasteiger partial charge on any atom is 0.0967 e. The predicted molar refractivity (Wildman–Crippen MR) is 144 cm³/mol. The second-order valence-electron chi connectivity index (χ2n) is 11.6. The van der Waals surface area contributed by atoms with E-state index < -0.39 is 0 Å². The van der Waals surface area contributed by atoms with Crippen molar-refractivity contribution in [1.82, 2.24) is 40.2 Å². The summed E-state index contributed by atoms with van der Waals surface area (Å²) < 4.78 is 16.1. The molecule has 0 fully saturated rings. The molecule has 3 aromatic rings. The van der Waals surface area contributed by atoms with Gasteiger partial charge in [0.05, 0.1) is 42.5 Å². The van der Waals surface area contributed by atoms with E-state index in [4.69, 9.17) is 5.73 Å². The first-order valence-electron chi connectivity index (χ1n) is 12.8. The van der Waals surface area contributed by atoms with Gasteiger partial charge in [0.2, 0.25) is 0 Å². The molecule has 3 N–H and O–H groups in total. The molecule has 1 aromatic carbocycles. The molecule has 0 radical (unpaired) electrons. The lowest BCUT2D eigenvalue weighted by Crippen LogP contribution is -2.34. The van der Waals surface area contributed by atoms with Crippen LogP contribution in [0.5, 0.6) is 0 Å². The molecule has 0 aliphatic carbocycles. The van der Waals surface area contributed by atoms with Gasteiger partial charge in [-0.15, -0.1) is 10.2 Å². The number of nitrogens with two attached hydrogens (primary N) is 1. The van der Waals surface area contributed by atoms with Crippen LogP contribution >= 0.6 is 0 Å². The summed E-state index contributed by atoms with van der Waals surface area (Å²) in [5.41, 5.74) is 10.9. The lowest BCUT2D eigenvalue weighted by atomic mass is 10.1. The number of alkyl halides is 1. The van der Waals surface area contributed by atoms with Crippen LogP contribution in [-0.2, 0) is 31.6 Å². The number of hydrogen-bond donors (Lipinski definition) is 2. The van der Waals surface area contributed by atoms with Crippen LogP contribution in [0.2, 0.25) is 0 Å². The Kier molecular flexibility index (Phi) is 9.42. The van der Waals surface area contributed by atoms with Crippen LogP contribution in [0.1, 0.15) is 70.5 Å². The molecule has 3 rings (SSSR count). The second-order valence-corrected chi connectivity index (χ2v) is 11.6. The van der Waals surface area contributed by atoms with Gasteiger partial charge in [0.1, 0.15) is 0 Å². The molecular weight excluding hydrogens is 469 g/mol. The SMILES string of the molecule is CC(C)(C)N/C=C(\N)CN(Cc1cn(Cc2ccc(CCCF)cc2)nn1)Cc1cn(C(C)(C)C)nn1. The van der Waals surface area contributed by atoms with Gasteiger partial charge in [-0.05, 0) is 65.5 Å². The number of benzene rings is 1. The highest BCUT2D eigenvalue weighted by Gasteiger charge is 2.18. The number of aryl methyl sites for hydroxylation is 1. The number of nitrogens with zero attached hydrogens (tertiary/aromatic N) is 7. The fourth-order valence-electron chi connectivity index (χ4n) is 3.70. The summed E-state index contributed by atoms with van der Waals surface area (Å²) in [5, 5.41) is 20.7. The fraction of sp³-hybridized carbons (Fsp3) is 0.556. The van der Waals surface area contributed by atoms with E-state index in [2.05, 4.69) is 96.6 Å². The number of hydrogen-bond acceptors (Lipinski definition) is 7. The van der Waals surface area contributed by atoms with Crippen molar-refractivity contribution in [3.05, 3.63) is 71.1 Å². The summed E-state index contributed by atoms with van der Waals surface area (Å²) in [6.45, 7) is 14.6. The summed E-state index contributed by atoms with van der Waals surface area (Å²) in [7, 11) is 0. The molecule has 0 saturated carbocycles. The first kappa shape index (κ1) is 28.3. The van der Waals surface area contributed by atoms with Crippen LogP contribution in [0.15, 0.2) is 48.6 Å². The predicted octanol–water partition coefficient (Wildman–Crippen LogP) is 3.77. The average molecular weight is 512 g/mol. The van der Waals surface area contributed by atoms with Crippen LogP contribution in [-0.4, -0.2) is 53.6 Å². The second kappa shape index (κ2) is 12.3. The van der Waals surface area contributed by atoms with Gasteiger partial charge in [0.15, 0.2) is 0 Å². The van der Waals surface area contributed by atoms with Crippen molar-refractivity contribution in [3.8, 4) is 0 Å². The Labute approximate surface area is 219 Å². The summed E-state index contributed by atoms with van der Waals surface area (Å²) in [5.74, 6) is 0. The van der Waals surface area contributed by atoms with E-state index in [9.17, 15) is 4.39 Å². The van der Waals surface area contributed by atoms with E-state index in [1.807, 2.05) is 28.0 Å². The van der Waals surface area contributed by atoms with Crippen molar-refractivity contribution in [2.75, 3.05) is 13.2 Å². The van der Waals surface area contributed by atoms with Crippen molar-refractivity contribution < 1.29 is 4.39 Å². The first-order chi connectivity index (χ1) is 17.4. The molecule has 2 heterocycles. The third-order valence-electron chi connectivity index (χ3n) is 5.65. The highest BCUT2D eigenvalue weighted by Crippen LogP contribution is 2.15. The Morgan fingerprint density at radius 1 is 0.973 bits per heavy atom. The van der Waals surface area contributed by atoms with Gasteiger partial charge in [-0.1, -0.05) is 34.7 Å². The van der Waals surface area contributed by atoms with Gasteiger partial charge in [-0.3, -0.25) is 9.29 Å². The van der Waals surface area contributed by atoms with E-state index in [1.54, 1.807) is 0 Å². The van der Waals surface area contributed by atoms with Crippen LogP contribution < -0.4 is 11.1 Å². The van der Waals surface area contributed by atoms with Crippen molar-refractivity contribution >= 4 is 0 Å². The van der Waals surface area contributed by atoms with Crippen LogP contribution in [0, 0.1) is 0 Å². The largest absolute Gasteiger partial charge is 0.400 e. The van der Waals surface area contributed by atoms with Crippen LogP contribution in [0.4, 0.5) is 4.39 Å². The third kappa shape index (κ3) is 9.60. The van der Waals surface area contributed by atoms with Gasteiger partial charge in [0, 0.05) is 37.1 Å². The average Bonchev–Trinajstić information content (AvgIpc) is 3.46. The topological polar surface area (TPSA) is 103 Å². The Morgan fingerprint density at radius 2 is 1.59 bits per heavy atom. The molecule has 0 bridgehead atoms. The fourth-order valence-corrected chi connectivity index (χ4v) is 3.70. The molecule has 37 heavy (non-hydrogen) atoms. The van der Waals surface area contributed by atoms with E-state index in [1.165, 1.54) is 0 Å². The molecule has 0 aliphatic heterocycles. The van der Waals surface area contributed by atoms with Gasteiger partial charge in [-0.2, -0.15) is 0 Å². The van der Waals surface area contributed by atoms with Gasteiger partial charge < -0.3 is 11.1 Å². The monoisotopic (exact) mass is 511 g/mol. The molecule has 0 spiro atoms.